The Hall–Kier alpha value is -3.19. The lowest BCUT2D eigenvalue weighted by atomic mass is 10.1. The van der Waals surface area contributed by atoms with Crippen LogP contribution in [0.25, 0.3) is 11.1 Å². The van der Waals surface area contributed by atoms with Crippen molar-refractivity contribution in [3.8, 4) is 11.1 Å². The Balaban J connectivity index is 2.05. The van der Waals surface area contributed by atoms with E-state index in [4.69, 9.17) is 0 Å². The van der Waals surface area contributed by atoms with E-state index < -0.39 is 10.0 Å². The van der Waals surface area contributed by atoms with Gasteiger partial charge in [-0.05, 0) is 35.9 Å². The van der Waals surface area contributed by atoms with E-state index in [1.165, 1.54) is 7.05 Å². The Morgan fingerprint density at radius 3 is 2.37 bits per heavy atom. The number of nitrogens with one attached hydrogen (secondary N) is 1. The van der Waals surface area contributed by atoms with Crippen LogP contribution in [0.3, 0.4) is 0 Å². The number of pyridine rings is 1. The van der Waals surface area contributed by atoms with E-state index in [1.807, 2.05) is 18.2 Å². The van der Waals surface area contributed by atoms with E-state index in [0.29, 0.717) is 16.9 Å². The van der Waals surface area contributed by atoms with Crippen LogP contribution < -0.4 is 9.62 Å². The zero-order chi connectivity index (χ0) is 19.4. The monoisotopic (exact) mass is 381 g/mol. The molecule has 6 nitrogen and oxygen atoms in total. The van der Waals surface area contributed by atoms with Crippen LogP contribution in [-0.2, 0) is 10.0 Å². The molecule has 1 aromatic heterocycles. The van der Waals surface area contributed by atoms with Crippen LogP contribution in [-0.4, -0.2) is 32.6 Å². The van der Waals surface area contributed by atoms with Gasteiger partial charge < -0.3 is 5.32 Å². The second kappa shape index (κ2) is 7.59. The van der Waals surface area contributed by atoms with Crippen molar-refractivity contribution in [3.05, 3.63) is 78.6 Å². The van der Waals surface area contributed by atoms with E-state index in [0.717, 1.165) is 21.7 Å². The fourth-order valence-electron chi connectivity index (χ4n) is 2.59. The summed E-state index contributed by atoms with van der Waals surface area (Å²) in [5, 5.41) is 2.82. The zero-order valence-electron chi connectivity index (χ0n) is 15.0. The Kier molecular flexibility index (Phi) is 5.23. The van der Waals surface area contributed by atoms with Gasteiger partial charge in [0, 0.05) is 30.6 Å². The molecule has 2 aromatic carbocycles. The molecule has 0 radical (unpaired) electrons. The summed E-state index contributed by atoms with van der Waals surface area (Å²) >= 11 is 0. The van der Waals surface area contributed by atoms with E-state index in [-0.39, 0.29) is 5.91 Å². The zero-order valence-corrected chi connectivity index (χ0v) is 15.8. The molecule has 0 spiro atoms. The van der Waals surface area contributed by atoms with Crippen LogP contribution in [0.4, 0.5) is 11.4 Å². The van der Waals surface area contributed by atoms with Gasteiger partial charge in [-0.2, -0.15) is 0 Å². The number of benzene rings is 2. The predicted octanol–water partition coefficient (Wildman–Crippen LogP) is 3.40. The summed E-state index contributed by atoms with van der Waals surface area (Å²) < 4.78 is 25.1. The number of sulfonamides is 1. The third-order valence-electron chi connectivity index (χ3n) is 4.11. The largest absolute Gasteiger partial charge is 0.320 e. The highest BCUT2D eigenvalue weighted by Gasteiger charge is 2.18. The smallest absolute Gasteiger partial charge is 0.255 e. The molecular formula is C20H19N3O3S. The number of hydrogen-bond acceptors (Lipinski definition) is 4. The van der Waals surface area contributed by atoms with Crippen LogP contribution in [0.1, 0.15) is 10.4 Å². The summed E-state index contributed by atoms with van der Waals surface area (Å²) in [6.07, 6.45) is 4.50. The third kappa shape index (κ3) is 4.32. The van der Waals surface area contributed by atoms with E-state index in [1.54, 1.807) is 54.9 Å². The average Bonchev–Trinajstić information content (AvgIpc) is 2.68. The minimum atomic E-state index is -3.49. The number of anilines is 2. The Morgan fingerprint density at radius 1 is 1.00 bits per heavy atom. The summed E-state index contributed by atoms with van der Waals surface area (Å²) in [7, 11) is -2.04. The summed E-state index contributed by atoms with van der Waals surface area (Å²) in [4.78, 5) is 16.7. The minimum Gasteiger partial charge on any atom is -0.320 e. The van der Waals surface area contributed by atoms with Crippen LogP contribution in [0.2, 0.25) is 0 Å². The number of carbonyl (C=O) groups excluding carboxylic acids is 1. The van der Waals surface area contributed by atoms with Gasteiger partial charge in [0.1, 0.15) is 0 Å². The number of amides is 1. The number of nitrogens with zero attached hydrogens (tertiary/aromatic N) is 2. The molecule has 0 bridgehead atoms. The highest BCUT2D eigenvalue weighted by Crippen LogP contribution is 2.32. The van der Waals surface area contributed by atoms with Crippen molar-refractivity contribution in [1.82, 2.24) is 4.98 Å². The lowest BCUT2D eigenvalue weighted by molar-refractivity contribution is 0.102. The van der Waals surface area contributed by atoms with Gasteiger partial charge in [0.2, 0.25) is 10.0 Å². The molecule has 0 aliphatic rings. The van der Waals surface area contributed by atoms with Gasteiger partial charge in [0.15, 0.2) is 0 Å². The SMILES string of the molecule is CN(c1ccc(-c2cccnc2)cc1NC(=O)c1ccccc1)S(C)(=O)=O. The second-order valence-electron chi connectivity index (χ2n) is 6.02. The molecule has 0 atom stereocenters. The Labute approximate surface area is 158 Å². The standard InChI is InChI=1S/C20H19N3O3S/c1-23(27(2,25)26)19-11-10-16(17-9-6-12-21-14-17)13-18(19)22-20(24)15-7-4-3-5-8-15/h3-14H,1-2H3,(H,22,24). The number of carbonyl (C=O) groups is 1. The molecule has 1 amide bonds. The molecule has 27 heavy (non-hydrogen) atoms. The summed E-state index contributed by atoms with van der Waals surface area (Å²) in [6.45, 7) is 0. The van der Waals surface area contributed by atoms with Crippen LogP contribution >= 0.6 is 0 Å². The van der Waals surface area contributed by atoms with Crippen molar-refractivity contribution in [1.29, 1.82) is 0 Å². The molecule has 1 N–H and O–H groups in total. The molecule has 0 saturated heterocycles. The van der Waals surface area contributed by atoms with Gasteiger partial charge in [0.05, 0.1) is 17.6 Å². The topological polar surface area (TPSA) is 79.4 Å². The molecule has 0 aliphatic heterocycles. The van der Waals surface area contributed by atoms with Crippen molar-refractivity contribution >= 4 is 27.3 Å². The molecule has 7 heteroatoms. The molecular weight excluding hydrogens is 362 g/mol. The van der Waals surface area contributed by atoms with Gasteiger partial charge in [0.25, 0.3) is 5.91 Å². The molecule has 138 valence electrons. The molecule has 0 fully saturated rings. The van der Waals surface area contributed by atoms with Gasteiger partial charge >= 0.3 is 0 Å². The number of rotatable bonds is 5. The first-order valence-corrected chi connectivity index (χ1v) is 10.1. The van der Waals surface area contributed by atoms with Crippen LogP contribution in [0, 0.1) is 0 Å². The summed E-state index contributed by atoms with van der Waals surface area (Å²) in [5.41, 5.74) is 2.95. The predicted molar refractivity (Wildman–Crippen MR) is 107 cm³/mol. The Morgan fingerprint density at radius 2 is 1.74 bits per heavy atom. The quantitative estimate of drug-likeness (QED) is 0.735. The van der Waals surface area contributed by atoms with E-state index >= 15 is 0 Å². The lowest BCUT2D eigenvalue weighted by Crippen LogP contribution is -2.26. The van der Waals surface area contributed by atoms with Crippen molar-refractivity contribution in [2.45, 2.75) is 0 Å². The molecule has 0 aliphatic carbocycles. The first kappa shape index (κ1) is 18.6. The fraction of sp³-hybridized carbons (Fsp3) is 0.100. The third-order valence-corrected chi connectivity index (χ3v) is 5.30. The van der Waals surface area contributed by atoms with Crippen molar-refractivity contribution < 1.29 is 13.2 Å². The van der Waals surface area contributed by atoms with Gasteiger partial charge in [-0.1, -0.05) is 30.3 Å². The maximum atomic E-state index is 12.6. The fourth-order valence-corrected chi connectivity index (χ4v) is 3.10. The number of aromatic nitrogens is 1. The first-order chi connectivity index (χ1) is 12.9. The summed E-state index contributed by atoms with van der Waals surface area (Å²) in [6, 6.07) is 17.7. The molecule has 0 unspecified atom stereocenters. The Bertz CT molecular complexity index is 1050. The van der Waals surface area contributed by atoms with Crippen molar-refractivity contribution in [2.24, 2.45) is 0 Å². The summed E-state index contributed by atoms with van der Waals surface area (Å²) in [5.74, 6) is -0.318. The van der Waals surface area contributed by atoms with Crippen LogP contribution in [0.15, 0.2) is 73.1 Å². The van der Waals surface area contributed by atoms with Gasteiger partial charge in [-0.25, -0.2) is 8.42 Å². The average molecular weight is 381 g/mol. The van der Waals surface area contributed by atoms with E-state index in [2.05, 4.69) is 10.3 Å². The van der Waals surface area contributed by atoms with Gasteiger partial charge in [-0.3, -0.25) is 14.1 Å². The molecule has 3 rings (SSSR count). The maximum absolute atomic E-state index is 12.6. The molecule has 3 aromatic rings. The second-order valence-corrected chi connectivity index (χ2v) is 8.04. The van der Waals surface area contributed by atoms with Crippen LogP contribution in [0.5, 0.6) is 0 Å². The highest BCUT2D eigenvalue weighted by atomic mass is 32.2. The highest BCUT2D eigenvalue weighted by molar-refractivity contribution is 7.92. The van der Waals surface area contributed by atoms with Crippen molar-refractivity contribution in [2.75, 3.05) is 22.9 Å². The molecule has 1 heterocycles. The maximum Gasteiger partial charge on any atom is 0.255 e. The molecule has 0 saturated carbocycles. The normalized spacial score (nSPS) is 11.0. The number of hydrogen-bond donors (Lipinski definition) is 1. The first-order valence-electron chi connectivity index (χ1n) is 8.21. The lowest BCUT2D eigenvalue weighted by Gasteiger charge is -2.21. The van der Waals surface area contributed by atoms with Crippen molar-refractivity contribution in [3.63, 3.8) is 0 Å². The minimum absolute atomic E-state index is 0.318. The van der Waals surface area contributed by atoms with E-state index in [9.17, 15) is 13.2 Å². The van der Waals surface area contributed by atoms with Gasteiger partial charge in [-0.15, -0.1) is 0 Å².